The molecule has 1 fully saturated rings. The van der Waals surface area contributed by atoms with Gasteiger partial charge in [-0.3, -0.25) is 0 Å². The van der Waals surface area contributed by atoms with Gasteiger partial charge in [-0.2, -0.15) is 0 Å². The summed E-state index contributed by atoms with van der Waals surface area (Å²) in [6.45, 7) is 5.80. The number of alkyl carbamates (subject to hydrolysis) is 1. The summed E-state index contributed by atoms with van der Waals surface area (Å²) >= 11 is 0. The Morgan fingerprint density at radius 3 is 2.18 bits per heavy atom. The molecule has 2 N–H and O–H groups in total. The molecule has 4 rings (SSSR count). The quantitative estimate of drug-likeness (QED) is 0.437. The van der Waals surface area contributed by atoms with Crippen molar-refractivity contribution in [2.24, 2.45) is 0 Å². The molecule has 0 saturated carbocycles. The van der Waals surface area contributed by atoms with Gasteiger partial charge in [0.15, 0.2) is 0 Å². The third-order valence-electron chi connectivity index (χ3n) is 6.32. The summed E-state index contributed by atoms with van der Waals surface area (Å²) in [5, 5.41) is 6.14. The van der Waals surface area contributed by atoms with E-state index in [-0.39, 0.29) is 12.0 Å². The molecule has 2 aliphatic rings. The van der Waals surface area contributed by atoms with Crippen molar-refractivity contribution in [1.82, 2.24) is 10.6 Å². The zero-order chi connectivity index (χ0) is 23.4. The van der Waals surface area contributed by atoms with Gasteiger partial charge in [-0.25, -0.2) is 4.79 Å². The monoisotopic (exact) mass is 468 g/mol. The second-order valence-electron chi connectivity index (χ2n) is 8.65. The number of benzene rings is 2. The number of rotatable bonds is 13. The number of hydrogen-bond donors (Lipinski definition) is 2. The van der Waals surface area contributed by atoms with E-state index in [1.165, 1.54) is 22.3 Å². The third kappa shape index (κ3) is 7.03. The molecule has 2 aromatic carbocycles. The van der Waals surface area contributed by atoms with Crippen LogP contribution in [-0.4, -0.2) is 71.5 Å². The molecule has 7 heteroatoms. The van der Waals surface area contributed by atoms with Crippen molar-refractivity contribution in [1.29, 1.82) is 0 Å². The van der Waals surface area contributed by atoms with E-state index in [1.54, 1.807) is 0 Å². The van der Waals surface area contributed by atoms with Crippen molar-refractivity contribution in [3.8, 4) is 11.1 Å². The Hall–Kier alpha value is -2.45. The Morgan fingerprint density at radius 1 is 0.853 bits per heavy atom. The summed E-state index contributed by atoms with van der Waals surface area (Å²) in [6, 6.07) is 16.6. The molecule has 1 heterocycles. The summed E-state index contributed by atoms with van der Waals surface area (Å²) in [4.78, 5) is 12.2. The van der Waals surface area contributed by atoms with Crippen LogP contribution in [-0.2, 0) is 18.9 Å². The maximum atomic E-state index is 12.2. The largest absolute Gasteiger partial charge is 0.449 e. The summed E-state index contributed by atoms with van der Waals surface area (Å²) in [5.41, 5.74) is 4.88. The predicted octanol–water partition coefficient (Wildman–Crippen LogP) is 3.72. The Bertz CT molecular complexity index is 855. The number of carbonyl (C=O) groups excluding carboxylic acids is 1. The number of piperidine rings is 1. The van der Waals surface area contributed by atoms with Gasteiger partial charge in [0, 0.05) is 19.1 Å². The average molecular weight is 469 g/mol. The molecule has 0 bridgehead atoms. The zero-order valence-corrected chi connectivity index (χ0v) is 19.8. The van der Waals surface area contributed by atoms with Crippen molar-refractivity contribution in [3.05, 3.63) is 59.7 Å². The number of hydrogen-bond acceptors (Lipinski definition) is 6. The maximum absolute atomic E-state index is 12.2. The highest BCUT2D eigenvalue weighted by Gasteiger charge is 2.28. The fourth-order valence-corrected chi connectivity index (χ4v) is 4.57. The number of carbonyl (C=O) groups is 1. The van der Waals surface area contributed by atoms with Crippen LogP contribution in [0.15, 0.2) is 48.5 Å². The van der Waals surface area contributed by atoms with Gasteiger partial charge in [-0.05, 0) is 54.6 Å². The lowest BCUT2D eigenvalue weighted by atomic mass is 9.98. The lowest BCUT2D eigenvalue weighted by Crippen LogP contribution is -2.33. The van der Waals surface area contributed by atoms with E-state index in [9.17, 15) is 4.79 Å². The summed E-state index contributed by atoms with van der Waals surface area (Å²) in [5.74, 6) is 0.0755. The van der Waals surface area contributed by atoms with Gasteiger partial charge < -0.3 is 29.6 Å². The molecule has 0 spiro atoms. The van der Waals surface area contributed by atoms with E-state index in [1.807, 2.05) is 24.3 Å². The van der Waals surface area contributed by atoms with Crippen LogP contribution >= 0.6 is 0 Å². The Kier molecular flexibility index (Phi) is 9.75. The van der Waals surface area contributed by atoms with Crippen molar-refractivity contribution in [2.75, 3.05) is 59.3 Å². The summed E-state index contributed by atoms with van der Waals surface area (Å²) < 4.78 is 22.4. The predicted molar refractivity (Wildman–Crippen MR) is 131 cm³/mol. The highest BCUT2D eigenvalue weighted by molar-refractivity contribution is 5.79. The summed E-state index contributed by atoms with van der Waals surface area (Å²) in [6.07, 6.45) is 2.85. The summed E-state index contributed by atoms with van der Waals surface area (Å²) in [7, 11) is 0. The van der Waals surface area contributed by atoms with Crippen molar-refractivity contribution < 1.29 is 23.7 Å². The molecule has 2 aromatic rings. The van der Waals surface area contributed by atoms with E-state index in [2.05, 4.69) is 34.9 Å². The van der Waals surface area contributed by atoms with Crippen LogP contribution in [0.1, 0.15) is 36.3 Å². The standard InChI is InChI=1S/C27H36N2O5/c30-27(29-12-5-15-31-16-17-32-18-19-33-21-10-13-28-14-11-21)34-20-26-24-8-3-1-6-22(24)23-7-2-4-9-25(23)26/h1-4,6-9,21,26,28H,5,10-20H2,(H,29,30). The second-order valence-corrected chi connectivity index (χ2v) is 8.65. The normalized spacial score (nSPS) is 15.6. The first-order valence-corrected chi connectivity index (χ1v) is 12.4. The first-order valence-electron chi connectivity index (χ1n) is 12.4. The fraction of sp³-hybridized carbons (Fsp3) is 0.519. The minimum absolute atomic E-state index is 0.0755. The van der Waals surface area contributed by atoms with Gasteiger partial charge >= 0.3 is 6.09 Å². The van der Waals surface area contributed by atoms with Gasteiger partial charge in [0.25, 0.3) is 0 Å². The maximum Gasteiger partial charge on any atom is 0.407 e. The number of fused-ring (bicyclic) bond motifs is 3. The Balaban J connectivity index is 1.02. The molecular weight excluding hydrogens is 432 g/mol. The molecule has 184 valence electrons. The molecule has 1 aliphatic carbocycles. The van der Waals surface area contributed by atoms with Gasteiger partial charge in [-0.15, -0.1) is 0 Å². The van der Waals surface area contributed by atoms with Gasteiger partial charge in [0.1, 0.15) is 6.61 Å². The number of amides is 1. The first kappa shape index (κ1) is 24.7. The van der Waals surface area contributed by atoms with Crippen LogP contribution in [0, 0.1) is 0 Å². The van der Waals surface area contributed by atoms with E-state index < -0.39 is 0 Å². The SMILES string of the molecule is O=C(NCCCOCCOCCOC1CCNCC1)OCC1c2ccccc2-c2ccccc21. The van der Waals surface area contributed by atoms with Crippen LogP contribution in [0.25, 0.3) is 11.1 Å². The minimum Gasteiger partial charge on any atom is -0.449 e. The van der Waals surface area contributed by atoms with E-state index in [4.69, 9.17) is 18.9 Å². The lowest BCUT2D eigenvalue weighted by molar-refractivity contribution is -0.0197. The van der Waals surface area contributed by atoms with Gasteiger partial charge in [0.05, 0.1) is 32.5 Å². The van der Waals surface area contributed by atoms with E-state index in [0.717, 1.165) is 32.4 Å². The van der Waals surface area contributed by atoms with Crippen molar-refractivity contribution in [2.45, 2.75) is 31.3 Å². The molecule has 1 amide bonds. The highest BCUT2D eigenvalue weighted by atomic mass is 16.6. The average Bonchev–Trinajstić information content (AvgIpc) is 3.20. The van der Waals surface area contributed by atoms with Crippen molar-refractivity contribution in [3.63, 3.8) is 0 Å². The highest BCUT2D eigenvalue weighted by Crippen LogP contribution is 2.44. The number of nitrogens with one attached hydrogen (secondary N) is 2. The van der Waals surface area contributed by atoms with Crippen LogP contribution in [0.4, 0.5) is 4.79 Å². The molecule has 0 radical (unpaired) electrons. The smallest absolute Gasteiger partial charge is 0.407 e. The Morgan fingerprint density at radius 2 is 1.47 bits per heavy atom. The lowest BCUT2D eigenvalue weighted by Gasteiger charge is -2.22. The molecule has 1 aliphatic heterocycles. The van der Waals surface area contributed by atoms with Crippen LogP contribution < -0.4 is 10.6 Å². The van der Waals surface area contributed by atoms with Crippen LogP contribution in [0.3, 0.4) is 0 Å². The molecule has 1 saturated heterocycles. The molecule has 7 nitrogen and oxygen atoms in total. The van der Waals surface area contributed by atoms with Crippen LogP contribution in [0.2, 0.25) is 0 Å². The van der Waals surface area contributed by atoms with Gasteiger partial charge in [-0.1, -0.05) is 48.5 Å². The number of ether oxygens (including phenoxy) is 4. The van der Waals surface area contributed by atoms with Crippen molar-refractivity contribution >= 4 is 6.09 Å². The topological polar surface area (TPSA) is 78.1 Å². The second kappa shape index (κ2) is 13.4. The molecular formula is C27H36N2O5. The van der Waals surface area contributed by atoms with E-state index in [0.29, 0.717) is 52.3 Å². The minimum atomic E-state index is -0.390. The third-order valence-corrected chi connectivity index (χ3v) is 6.32. The fourth-order valence-electron chi connectivity index (χ4n) is 4.57. The Labute approximate surface area is 202 Å². The zero-order valence-electron chi connectivity index (χ0n) is 19.8. The van der Waals surface area contributed by atoms with Crippen LogP contribution in [0.5, 0.6) is 0 Å². The first-order chi connectivity index (χ1) is 16.8. The van der Waals surface area contributed by atoms with E-state index >= 15 is 0 Å². The molecule has 0 atom stereocenters. The molecule has 34 heavy (non-hydrogen) atoms. The van der Waals surface area contributed by atoms with Gasteiger partial charge in [0.2, 0.25) is 0 Å². The molecule has 0 unspecified atom stereocenters. The molecule has 0 aromatic heterocycles.